The number of rotatable bonds is 5. The number of nitro benzene ring substituents is 1. The molecular formula is C21H15N3O4. The highest BCUT2D eigenvalue weighted by molar-refractivity contribution is 6.04. The maximum absolute atomic E-state index is 12.3. The van der Waals surface area contributed by atoms with Crippen LogP contribution in [0.25, 0.3) is 0 Å². The molecular weight excluding hydrogens is 358 g/mol. The molecule has 7 heteroatoms. The molecule has 0 bridgehead atoms. The minimum absolute atomic E-state index is 0.0722. The smallest absolute Gasteiger partial charge is 0.269 e. The topological polar surface area (TPSA) is 105 Å². The van der Waals surface area contributed by atoms with E-state index in [1.54, 1.807) is 42.5 Å². The van der Waals surface area contributed by atoms with Gasteiger partial charge in [0.15, 0.2) is 0 Å². The number of nitrogens with zero attached hydrogens (tertiary/aromatic N) is 2. The average Bonchev–Trinajstić information content (AvgIpc) is 2.70. The first kappa shape index (κ1) is 18.6. The van der Waals surface area contributed by atoms with E-state index in [1.165, 1.54) is 24.3 Å². The van der Waals surface area contributed by atoms with Crippen molar-refractivity contribution >= 4 is 17.3 Å². The normalized spacial score (nSPS) is 10.0. The Morgan fingerprint density at radius 1 is 1.04 bits per heavy atom. The van der Waals surface area contributed by atoms with Crippen LogP contribution >= 0.6 is 0 Å². The van der Waals surface area contributed by atoms with E-state index in [4.69, 9.17) is 10.00 Å². The quantitative estimate of drug-likeness (QED) is 0.510. The second kappa shape index (κ2) is 8.01. The number of hydrogen-bond acceptors (Lipinski definition) is 5. The molecule has 0 aliphatic heterocycles. The van der Waals surface area contributed by atoms with Crippen molar-refractivity contribution in [1.29, 1.82) is 5.26 Å². The second-order valence-electron chi connectivity index (χ2n) is 5.97. The molecule has 0 spiro atoms. The summed E-state index contributed by atoms with van der Waals surface area (Å²) in [4.78, 5) is 22.5. The molecule has 1 amide bonds. The molecule has 3 aromatic rings. The van der Waals surface area contributed by atoms with E-state index < -0.39 is 4.92 Å². The summed E-state index contributed by atoms with van der Waals surface area (Å²) >= 11 is 0. The molecule has 138 valence electrons. The van der Waals surface area contributed by atoms with Crippen LogP contribution in [-0.2, 0) is 0 Å². The van der Waals surface area contributed by atoms with Gasteiger partial charge in [0.25, 0.3) is 11.6 Å². The number of anilines is 1. The summed E-state index contributed by atoms with van der Waals surface area (Å²) in [6.45, 7) is 1.83. The number of ether oxygens (including phenoxy) is 1. The fraction of sp³-hybridized carbons (Fsp3) is 0.0476. The third-order valence-electron chi connectivity index (χ3n) is 4.01. The van der Waals surface area contributed by atoms with Crippen LogP contribution in [-0.4, -0.2) is 10.8 Å². The standard InChI is InChI=1S/C21H15N3O4/c1-14-12-19(28-18-8-2-15(13-22)3-9-18)10-11-20(14)23-21(25)16-4-6-17(7-5-16)24(26)27/h2-12H,1H3,(H,23,25). The molecule has 0 saturated carbocycles. The van der Waals surface area contributed by atoms with Crippen molar-refractivity contribution < 1.29 is 14.5 Å². The number of benzene rings is 3. The van der Waals surface area contributed by atoms with Crippen molar-refractivity contribution in [2.45, 2.75) is 6.92 Å². The van der Waals surface area contributed by atoms with Crippen LogP contribution in [0.15, 0.2) is 66.7 Å². The molecule has 0 aliphatic carbocycles. The molecule has 3 aromatic carbocycles. The molecule has 0 atom stereocenters. The number of nitriles is 1. The molecule has 28 heavy (non-hydrogen) atoms. The lowest BCUT2D eigenvalue weighted by atomic mass is 10.1. The summed E-state index contributed by atoms with van der Waals surface area (Å²) in [6, 6.07) is 19.4. The zero-order valence-electron chi connectivity index (χ0n) is 14.9. The summed E-state index contributed by atoms with van der Waals surface area (Å²) in [7, 11) is 0. The van der Waals surface area contributed by atoms with Gasteiger partial charge in [0.05, 0.1) is 16.6 Å². The summed E-state index contributed by atoms with van der Waals surface area (Å²) < 4.78 is 5.75. The molecule has 0 fully saturated rings. The maximum Gasteiger partial charge on any atom is 0.269 e. The zero-order chi connectivity index (χ0) is 20.1. The molecule has 0 unspecified atom stereocenters. The molecule has 0 radical (unpaired) electrons. The summed E-state index contributed by atoms with van der Waals surface area (Å²) in [5, 5.41) is 22.3. The van der Waals surface area contributed by atoms with Crippen LogP contribution in [0, 0.1) is 28.4 Å². The number of nitrogens with one attached hydrogen (secondary N) is 1. The van der Waals surface area contributed by atoms with Crippen LogP contribution in [0.2, 0.25) is 0 Å². The Morgan fingerprint density at radius 2 is 1.68 bits per heavy atom. The van der Waals surface area contributed by atoms with Gasteiger partial charge in [-0.15, -0.1) is 0 Å². The van der Waals surface area contributed by atoms with Gasteiger partial charge in [-0.25, -0.2) is 0 Å². The zero-order valence-corrected chi connectivity index (χ0v) is 14.9. The van der Waals surface area contributed by atoms with Gasteiger partial charge in [-0.1, -0.05) is 0 Å². The van der Waals surface area contributed by atoms with Crippen LogP contribution < -0.4 is 10.1 Å². The predicted octanol–water partition coefficient (Wildman–Crippen LogP) is 4.82. The Bertz CT molecular complexity index is 1070. The Hall–Kier alpha value is -4.18. The van der Waals surface area contributed by atoms with E-state index in [0.717, 1.165) is 5.56 Å². The number of non-ortho nitro benzene ring substituents is 1. The first-order valence-corrected chi connectivity index (χ1v) is 8.31. The van der Waals surface area contributed by atoms with Gasteiger partial charge in [0.1, 0.15) is 11.5 Å². The Morgan fingerprint density at radius 3 is 2.25 bits per heavy atom. The van der Waals surface area contributed by atoms with E-state index in [-0.39, 0.29) is 11.6 Å². The summed E-state index contributed by atoms with van der Waals surface area (Å²) in [5.74, 6) is 0.829. The highest BCUT2D eigenvalue weighted by Gasteiger charge is 2.11. The van der Waals surface area contributed by atoms with Gasteiger partial charge in [-0.2, -0.15) is 5.26 Å². The molecule has 7 nitrogen and oxygen atoms in total. The Balaban J connectivity index is 1.70. The van der Waals surface area contributed by atoms with E-state index >= 15 is 0 Å². The molecule has 0 aliphatic rings. The van der Waals surface area contributed by atoms with E-state index in [1.807, 2.05) is 13.0 Å². The fourth-order valence-corrected chi connectivity index (χ4v) is 2.50. The minimum Gasteiger partial charge on any atom is -0.457 e. The van der Waals surface area contributed by atoms with Gasteiger partial charge < -0.3 is 10.1 Å². The number of nitro groups is 1. The van der Waals surface area contributed by atoms with Crippen LogP contribution in [0.3, 0.4) is 0 Å². The highest BCUT2D eigenvalue weighted by Crippen LogP contribution is 2.26. The van der Waals surface area contributed by atoms with E-state index in [2.05, 4.69) is 5.32 Å². The van der Waals surface area contributed by atoms with Gasteiger partial charge in [0, 0.05) is 23.4 Å². The SMILES string of the molecule is Cc1cc(Oc2ccc(C#N)cc2)ccc1NC(=O)c1ccc([N+](=O)[O-])cc1. The second-order valence-corrected chi connectivity index (χ2v) is 5.97. The minimum atomic E-state index is -0.515. The number of carbonyl (C=O) groups excluding carboxylic acids is 1. The highest BCUT2D eigenvalue weighted by atomic mass is 16.6. The molecule has 0 heterocycles. The van der Waals surface area contributed by atoms with E-state index in [9.17, 15) is 14.9 Å². The lowest BCUT2D eigenvalue weighted by Gasteiger charge is -2.11. The van der Waals surface area contributed by atoms with Crippen molar-refractivity contribution in [1.82, 2.24) is 0 Å². The number of carbonyl (C=O) groups is 1. The van der Waals surface area contributed by atoms with Crippen molar-refractivity contribution in [3.8, 4) is 17.6 Å². The van der Waals surface area contributed by atoms with Crippen molar-refractivity contribution in [2.24, 2.45) is 0 Å². The number of hydrogen-bond donors (Lipinski definition) is 1. The van der Waals surface area contributed by atoms with Crippen molar-refractivity contribution in [2.75, 3.05) is 5.32 Å². The van der Waals surface area contributed by atoms with Crippen LogP contribution in [0.1, 0.15) is 21.5 Å². The number of aryl methyl sites for hydroxylation is 1. The number of amides is 1. The van der Waals surface area contributed by atoms with Crippen LogP contribution in [0.5, 0.6) is 11.5 Å². The summed E-state index contributed by atoms with van der Waals surface area (Å²) in [6.07, 6.45) is 0. The fourth-order valence-electron chi connectivity index (χ4n) is 2.50. The van der Waals surface area contributed by atoms with Crippen molar-refractivity contribution in [3.63, 3.8) is 0 Å². The van der Waals surface area contributed by atoms with Crippen LogP contribution in [0.4, 0.5) is 11.4 Å². The van der Waals surface area contributed by atoms with Gasteiger partial charge in [0.2, 0.25) is 0 Å². The van der Waals surface area contributed by atoms with Gasteiger partial charge >= 0.3 is 0 Å². The van der Waals surface area contributed by atoms with E-state index in [0.29, 0.717) is 28.3 Å². The van der Waals surface area contributed by atoms with Crippen molar-refractivity contribution in [3.05, 3.63) is 93.5 Å². The average molecular weight is 373 g/mol. The third kappa shape index (κ3) is 4.31. The molecule has 3 rings (SSSR count). The summed E-state index contributed by atoms with van der Waals surface area (Å²) in [5.41, 5.74) is 2.20. The lowest BCUT2D eigenvalue weighted by molar-refractivity contribution is -0.384. The largest absolute Gasteiger partial charge is 0.457 e. The van der Waals surface area contributed by atoms with Gasteiger partial charge in [-0.05, 0) is 67.1 Å². The first-order chi connectivity index (χ1) is 13.5. The van der Waals surface area contributed by atoms with Gasteiger partial charge in [-0.3, -0.25) is 14.9 Å². The molecule has 1 N–H and O–H groups in total. The molecule has 0 aromatic heterocycles. The lowest BCUT2D eigenvalue weighted by Crippen LogP contribution is -2.12. The monoisotopic (exact) mass is 373 g/mol. The predicted molar refractivity (Wildman–Crippen MR) is 103 cm³/mol. The Kier molecular flexibility index (Phi) is 5.33. The maximum atomic E-state index is 12.3. The third-order valence-corrected chi connectivity index (χ3v) is 4.01. The first-order valence-electron chi connectivity index (χ1n) is 8.31. The molecule has 0 saturated heterocycles. The Labute approximate surface area is 161 Å².